The summed E-state index contributed by atoms with van der Waals surface area (Å²) >= 11 is 1.52. The number of hydrogen-bond donors (Lipinski definition) is 2. The lowest BCUT2D eigenvalue weighted by Gasteiger charge is -2.32. The zero-order chi connectivity index (χ0) is 25.2. The zero-order valence-corrected chi connectivity index (χ0v) is 21.0. The Morgan fingerprint density at radius 3 is 2.56 bits per heavy atom. The number of rotatable bonds is 5. The summed E-state index contributed by atoms with van der Waals surface area (Å²) in [5, 5.41) is 12.5. The first-order valence-electron chi connectivity index (χ1n) is 11.9. The molecular formula is C23H28N8O4S. The van der Waals surface area contributed by atoms with Crippen molar-refractivity contribution < 1.29 is 19.1 Å². The Kier molecular flexibility index (Phi) is 6.72. The highest BCUT2D eigenvalue weighted by Gasteiger charge is 2.28. The summed E-state index contributed by atoms with van der Waals surface area (Å²) in [5.41, 5.74) is 1.04. The van der Waals surface area contributed by atoms with E-state index >= 15 is 0 Å². The average Bonchev–Trinajstić information content (AvgIpc) is 3.61. The smallest absolute Gasteiger partial charge is 0.407 e. The molecule has 2 fully saturated rings. The fourth-order valence-electron chi connectivity index (χ4n) is 4.62. The maximum Gasteiger partial charge on any atom is 0.407 e. The van der Waals surface area contributed by atoms with Crippen LogP contribution in [0.3, 0.4) is 0 Å². The number of piperidine rings is 1. The molecule has 0 spiro atoms. The number of nitrogens with zero attached hydrogens (tertiary/aromatic N) is 6. The third-order valence-electron chi connectivity index (χ3n) is 6.59. The number of likely N-dealkylation sites (tertiary alicyclic amines) is 2. The van der Waals surface area contributed by atoms with Gasteiger partial charge in [-0.3, -0.25) is 9.59 Å². The van der Waals surface area contributed by atoms with Crippen LogP contribution in [0, 0.1) is 0 Å². The number of ether oxygens (including phenoxy) is 1. The maximum absolute atomic E-state index is 13.5. The molecule has 12 nitrogen and oxygen atoms in total. The molecule has 2 N–H and O–H groups in total. The van der Waals surface area contributed by atoms with Gasteiger partial charge in [0.05, 0.1) is 18.9 Å². The Labute approximate surface area is 211 Å². The van der Waals surface area contributed by atoms with Gasteiger partial charge in [-0.05, 0) is 19.3 Å². The largest absolute Gasteiger partial charge is 0.453 e. The summed E-state index contributed by atoms with van der Waals surface area (Å²) in [4.78, 5) is 50.5. The summed E-state index contributed by atoms with van der Waals surface area (Å²) in [6.45, 7) is 3.83. The van der Waals surface area contributed by atoms with E-state index in [2.05, 4.69) is 25.5 Å². The number of amides is 3. The molecule has 13 heteroatoms. The molecule has 0 bridgehead atoms. The molecular weight excluding hydrogens is 484 g/mol. The van der Waals surface area contributed by atoms with Crippen LogP contribution in [0.2, 0.25) is 0 Å². The quantitative estimate of drug-likeness (QED) is 0.529. The summed E-state index contributed by atoms with van der Waals surface area (Å²) in [6, 6.07) is 1.68. The second-order valence-corrected chi connectivity index (χ2v) is 9.86. The lowest BCUT2D eigenvalue weighted by Crippen LogP contribution is -2.46. The van der Waals surface area contributed by atoms with Crippen LogP contribution in [-0.4, -0.2) is 92.7 Å². The van der Waals surface area contributed by atoms with Crippen molar-refractivity contribution in [3.05, 3.63) is 29.5 Å². The first-order chi connectivity index (χ1) is 17.4. The number of hydrogen-bond acceptors (Lipinski definition) is 9. The van der Waals surface area contributed by atoms with Gasteiger partial charge in [-0.2, -0.15) is 5.10 Å². The summed E-state index contributed by atoms with van der Waals surface area (Å²) < 4.78 is 6.43. The van der Waals surface area contributed by atoms with Crippen molar-refractivity contribution in [1.82, 2.24) is 34.7 Å². The number of nitrogens with one attached hydrogen (secondary N) is 2. The van der Waals surface area contributed by atoms with Gasteiger partial charge in [-0.25, -0.2) is 19.3 Å². The van der Waals surface area contributed by atoms with Crippen LogP contribution in [0.5, 0.6) is 0 Å². The lowest BCUT2D eigenvalue weighted by molar-refractivity contribution is -0.127. The number of methoxy groups -OCH3 is 1. The predicted molar refractivity (Wildman–Crippen MR) is 133 cm³/mol. The molecule has 2 aliphatic heterocycles. The number of thiazole rings is 1. The minimum atomic E-state index is -0.466. The minimum Gasteiger partial charge on any atom is -0.453 e. The number of fused-ring (bicyclic) bond motifs is 1. The lowest BCUT2D eigenvalue weighted by atomic mass is 10.0. The molecule has 0 aliphatic carbocycles. The monoisotopic (exact) mass is 512 g/mol. The summed E-state index contributed by atoms with van der Waals surface area (Å²) in [7, 11) is 1.33. The molecule has 190 valence electrons. The molecule has 2 aliphatic rings. The van der Waals surface area contributed by atoms with E-state index in [9.17, 15) is 14.4 Å². The van der Waals surface area contributed by atoms with Crippen molar-refractivity contribution in [1.29, 1.82) is 0 Å². The molecule has 5 rings (SSSR count). The Morgan fingerprint density at radius 1 is 1.08 bits per heavy atom. The first kappa shape index (κ1) is 24.0. The third-order valence-corrected chi connectivity index (χ3v) is 7.48. The van der Waals surface area contributed by atoms with Crippen LogP contribution in [0.1, 0.15) is 36.7 Å². The van der Waals surface area contributed by atoms with Gasteiger partial charge in [0.2, 0.25) is 5.91 Å². The molecule has 5 heterocycles. The van der Waals surface area contributed by atoms with E-state index in [0.29, 0.717) is 56.4 Å². The topological polar surface area (TPSA) is 134 Å². The van der Waals surface area contributed by atoms with E-state index in [4.69, 9.17) is 4.98 Å². The number of carbonyl (C=O) groups is 3. The standard InChI is InChI=1S/C23H28N8O4S/c1-14(32)30-8-5-16(13-30)25-19-11-18(21(33)29-6-3-15(4-7-29)26-23(34)35-2)27-20(28-19)17-12-24-31-9-10-36-22(17)31/h9-12,15-16H,3-8,13H2,1-2H3,(H,26,34)(H,25,27,28)/t16-/m1/s1. The highest BCUT2D eigenvalue weighted by molar-refractivity contribution is 7.16. The fraction of sp³-hybridized carbons (Fsp3) is 0.478. The highest BCUT2D eigenvalue weighted by atomic mass is 32.1. The van der Waals surface area contributed by atoms with Crippen molar-refractivity contribution in [2.45, 2.75) is 38.3 Å². The van der Waals surface area contributed by atoms with E-state index in [1.807, 2.05) is 11.6 Å². The molecule has 0 unspecified atom stereocenters. The highest BCUT2D eigenvalue weighted by Crippen LogP contribution is 2.27. The molecule has 2 saturated heterocycles. The average molecular weight is 513 g/mol. The van der Waals surface area contributed by atoms with Gasteiger partial charge in [0.15, 0.2) is 5.82 Å². The Morgan fingerprint density at radius 2 is 1.83 bits per heavy atom. The summed E-state index contributed by atoms with van der Waals surface area (Å²) in [5.74, 6) is 0.814. The number of aromatic nitrogens is 4. The van der Waals surface area contributed by atoms with E-state index in [1.54, 1.807) is 33.5 Å². The van der Waals surface area contributed by atoms with Crippen LogP contribution in [0.4, 0.5) is 10.6 Å². The van der Waals surface area contributed by atoms with Crippen molar-refractivity contribution in [2.75, 3.05) is 38.6 Å². The zero-order valence-electron chi connectivity index (χ0n) is 20.1. The minimum absolute atomic E-state index is 0.0358. The Balaban J connectivity index is 1.39. The van der Waals surface area contributed by atoms with Crippen molar-refractivity contribution in [3.8, 4) is 11.4 Å². The van der Waals surface area contributed by atoms with Gasteiger partial charge < -0.3 is 25.2 Å². The Bertz CT molecular complexity index is 1280. The third kappa shape index (κ3) is 4.96. The van der Waals surface area contributed by atoms with Crippen molar-refractivity contribution >= 4 is 39.9 Å². The Hall–Kier alpha value is -3.74. The van der Waals surface area contributed by atoms with E-state index < -0.39 is 6.09 Å². The summed E-state index contributed by atoms with van der Waals surface area (Å²) in [6.07, 6.45) is 5.16. The molecule has 0 aromatic carbocycles. The second kappa shape index (κ2) is 10.1. The van der Waals surface area contributed by atoms with E-state index in [1.165, 1.54) is 18.4 Å². The molecule has 3 amide bonds. The van der Waals surface area contributed by atoms with Gasteiger partial charge in [0.25, 0.3) is 5.91 Å². The molecule has 3 aromatic rings. The van der Waals surface area contributed by atoms with Gasteiger partial charge in [-0.1, -0.05) is 0 Å². The molecule has 3 aromatic heterocycles. The van der Waals surface area contributed by atoms with Crippen LogP contribution < -0.4 is 10.6 Å². The van der Waals surface area contributed by atoms with Crippen LogP contribution >= 0.6 is 11.3 Å². The van der Waals surface area contributed by atoms with Gasteiger partial charge in [0.1, 0.15) is 16.3 Å². The number of carbonyl (C=O) groups excluding carboxylic acids is 3. The molecule has 0 radical (unpaired) electrons. The van der Waals surface area contributed by atoms with E-state index in [0.717, 1.165) is 16.8 Å². The SMILES string of the molecule is COC(=O)NC1CCN(C(=O)c2cc(N[C@@H]3CCN(C(C)=O)C3)nc(-c3cnn4ccsc34)n2)CC1. The number of anilines is 1. The van der Waals surface area contributed by atoms with Gasteiger partial charge >= 0.3 is 6.09 Å². The van der Waals surface area contributed by atoms with Crippen LogP contribution in [0.25, 0.3) is 16.2 Å². The van der Waals surface area contributed by atoms with Crippen LogP contribution in [-0.2, 0) is 9.53 Å². The van der Waals surface area contributed by atoms with Gasteiger partial charge in [0, 0.05) is 62.8 Å². The van der Waals surface area contributed by atoms with Crippen molar-refractivity contribution in [2.24, 2.45) is 0 Å². The number of alkyl carbamates (subject to hydrolysis) is 1. The first-order valence-corrected chi connectivity index (χ1v) is 12.8. The fourth-order valence-corrected chi connectivity index (χ4v) is 5.41. The van der Waals surface area contributed by atoms with Gasteiger partial charge in [-0.15, -0.1) is 11.3 Å². The molecule has 1 atom stereocenters. The van der Waals surface area contributed by atoms with Crippen LogP contribution in [0.15, 0.2) is 23.8 Å². The molecule has 36 heavy (non-hydrogen) atoms. The maximum atomic E-state index is 13.5. The predicted octanol–water partition coefficient (Wildman–Crippen LogP) is 1.85. The normalized spacial score (nSPS) is 18.4. The second-order valence-electron chi connectivity index (χ2n) is 8.97. The molecule has 0 saturated carbocycles. The van der Waals surface area contributed by atoms with Crippen molar-refractivity contribution in [3.63, 3.8) is 0 Å². The van der Waals surface area contributed by atoms with E-state index in [-0.39, 0.29) is 23.9 Å².